The average Bonchev–Trinajstić information content (AvgIpc) is 2.25. The van der Waals surface area contributed by atoms with Gasteiger partial charge in [-0.2, -0.15) is 0 Å². The summed E-state index contributed by atoms with van der Waals surface area (Å²) in [6.45, 7) is 12.3. The van der Waals surface area contributed by atoms with Crippen molar-refractivity contribution in [2.75, 3.05) is 11.9 Å². The number of Topliss-reactive ketones (excluding diaryl/α,β-unsaturated/α-hetero) is 1. The minimum atomic E-state index is -0.322. The monoisotopic (exact) mass is 247 g/mol. The van der Waals surface area contributed by atoms with Crippen LogP contribution in [0.1, 0.15) is 50.5 Å². The number of carbonyl (C=O) groups excluding carboxylic acids is 1. The van der Waals surface area contributed by atoms with Crippen molar-refractivity contribution in [1.29, 1.82) is 0 Å². The van der Waals surface area contributed by atoms with Crippen LogP contribution in [0, 0.1) is 12.3 Å². The summed E-state index contributed by atoms with van der Waals surface area (Å²) in [5.74, 6) is 0.198. The Bertz CT molecular complexity index is 441. The lowest BCUT2D eigenvalue weighted by molar-refractivity contribution is 0.0858. The molecule has 0 heterocycles. The van der Waals surface area contributed by atoms with Gasteiger partial charge in [-0.05, 0) is 44.5 Å². The summed E-state index contributed by atoms with van der Waals surface area (Å²) < 4.78 is 0. The lowest BCUT2D eigenvalue weighted by Gasteiger charge is -2.26. The lowest BCUT2D eigenvalue weighted by atomic mass is 9.86. The van der Waals surface area contributed by atoms with Crippen molar-refractivity contribution in [3.8, 4) is 0 Å². The van der Waals surface area contributed by atoms with Crippen LogP contribution in [0.25, 0.3) is 0 Å². The summed E-state index contributed by atoms with van der Waals surface area (Å²) in [5, 5.41) is 0. The molecule has 18 heavy (non-hydrogen) atoms. The molecular weight excluding hydrogens is 222 g/mol. The van der Waals surface area contributed by atoms with E-state index in [0.717, 1.165) is 11.1 Å². The van der Waals surface area contributed by atoms with E-state index in [2.05, 4.69) is 32.7 Å². The Morgan fingerprint density at radius 1 is 1.22 bits per heavy atom. The fraction of sp³-hybridized carbons (Fsp3) is 0.562. The number of rotatable bonds is 3. The minimum Gasteiger partial charge on any atom is -0.372 e. The lowest BCUT2D eigenvalue weighted by Crippen LogP contribution is -2.26. The number of nitrogens with zero attached hydrogens (tertiary/aromatic N) is 1. The molecule has 0 saturated heterocycles. The second kappa shape index (κ2) is 5.13. The largest absolute Gasteiger partial charge is 0.372 e. The number of aryl methyl sites for hydroxylation is 1. The van der Waals surface area contributed by atoms with Gasteiger partial charge in [0.2, 0.25) is 0 Å². The van der Waals surface area contributed by atoms with Crippen LogP contribution < -0.4 is 4.90 Å². The van der Waals surface area contributed by atoms with Crippen LogP contribution >= 0.6 is 0 Å². The van der Waals surface area contributed by atoms with Crippen LogP contribution in [0.3, 0.4) is 0 Å². The first-order chi connectivity index (χ1) is 8.14. The number of benzene rings is 1. The van der Waals surface area contributed by atoms with Crippen LogP contribution in [0.15, 0.2) is 18.2 Å². The Labute approximate surface area is 111 Å². The van der Waals surface area contributed by atoms with Crippen molar-refractivity contribution < 1.29 is 4.79 Å². The standard InChI is InChI=1S/C16H25NO/c1-11(2)17(7)14-9-8-13(10-12(14)3)15(18)16(4,5)6/h8-11H,1-7H3. The van der Waals surface area contributed by atoms with E-state index in [1.165, 1.54) is 5.69 Å². The van der Waals surface area contributed by atoms with Gasteiger partial charge in [0.05, 0.1) is 0 Å². The Balaban J connectivity index is 3.11. The van der Waals surface area contributed by atoms with Gasteiger partial charge in [0.25, 0.3) is 0 Å². The fourth-order valence-corrected chi connectivity index (χ4v) is 1.90. The molecule has 0 aliphatic rings. The molecule has 1 rings (SSSR count). The predicted octanol–water partition coefficient (Wildman–Crippen LogP) is 4.07. The number of hydrogen-bond donors (Lipinski definition) is 0. The summed E-state index contributed by atoms with van der Waals surface area (Å²) in [6, 6.07) is 6.44. The number of hydrogen-bond acceptors (Lipinski definition) is 2. The van der Waals surface area contributed by atoms with Crippen molar-refractivity contribution in [2.45, 2.75) is 47.6 Å². The summed E-state index contributed by atoms with van der Waals surface area (Å²) in [6.07, 6.45) is 0. The Morgan fingerprint density at radius 3 is 2.17 bits per heavy atom. The molecule has 0 bridgehead atoms. The molecule has 0 radical (unpaired) electrons. The smallest absolute Gasteiger partial charge is 0.168 e. The van der Waals surface area contributed by atoms with Crippen LogP contribution in [-0.4, -0.2) is 18.9 Å². The highest BCUT2D eigenvalue weighted by molar-refractivity contribution is 6.00. The van der Waals surface area contributed by atoms with Crippen LogP contribution in [-0.2, 0) is 0 Å². The van der Waals surface area contributed by atoms with Gasteiger partial charge in [-0.3, -0.25) is 4.79 Å². The highest BCUT2D eigenvalue weighted by atomic mass is 16.1. The molecular formula is C16H25NO. The van der Waals surface area contributed by atoms with E-state index in [0.29, 0.717) is 6.04 Å². The topological polar surface area (TPSA) is 20.3 Å². The van der Waals surface area contributed by atoms with Crippen LogP contribution in [0.4, 0.5) is 5.69 Å². The van der Waals surface area contributed by atoms with E-state index in [-0.39, 0.29) is 11.2 Å². The normalized spacial score (nSPS) is 11.8. The first kappa shape index (κ1) is 14.7. The summed E-state index contributed by atoms with van der Waals surface area (Å²) in [4.78, 5) is 14.4. The Kier molecular flexibility index (Phi) is 4.20. The van der Waals surface area contributed by atoms with Gasteiger partial charge in [0.1, 0.15) is 0 Å². The number of ketones is 1. The van der Waals surface area contributed by atoms with E-state index in [9.17, 15) is 4.79 Å². The molecule has 0 aliphatic heterocycles. The average molecular weight is 247 g/mol. The maximum Gasteiger partial charge on any atom is 0.168 e. The maximum atomic E-state index is 12.2. The number of carbonyl (C=O) groups is 1. The molecule has 0 aliphatic carbocycles. The van der Waals surface area contributed by atoms with Gasteiger partial charge in [-0.1, -0.05) is 20.8 Å². The molecule has 100 valence electrons. The molecule has 0 aromatic heterocycles. The van der Waals surface area contributed by atoms with Crippen molar-refractivity contribution in [2.24, 2.45) is 5.41 Å². The third-order valence-corrected chi connectivity index (χ3v) is 3.29. The summed E-state index contributed by atoms with van der Waals surface area (Å²) in [5.41, 5.74) is 2.83. The van der Waals surface area contributed by atoms with Gasteiger partial charge in [0.15, 0.2) is 5.78 Å². The third-order valence-electron chi connectivity index (χ3n) is 3.29. The van der Waals surface area contributed by atoms with E-state index >= 15 is 0 Å². The van der Waals surface area contributed by atoms with Crippen molar-refractivity contribution in [3.05, 3.63) is 29.3 Å². The Morgan fingerprint density at radius 2 is 1.78 bits per heavy atom. The second-order valence-corrected chi connectivity index (χ2v) is 6.29. The second-order valence-electron chi connectivity index (χ2n) is 6.29. The molecule has 0 saturated carbocycles. The Hall–Kier alpha value is -1.31. The van der Waals surface area contributed by atoms with Gasteiger partial charge < -0.3 is 4.90 Å². The third kappa shape index (κ3) is 3.12. The van der Waals surface area contributed by atoms with Gasteiger partial charge in [0, 0.05) is 29.8 Å². The highest BCUT2D eigenvalue weighted by Crippen LogP contribution is 2.26. The van der Waals surface area contributed by atoms with Crippen molar-refractivity contribution >= 4 is 11.5 Å². The summed E-state index contributed by atoms with van der Waals surface area (Å²) in [7, 11) is 2.08. The van der Waals surface area contributed by atoms with E-state index in [1.54, 1.807) is 0 Å². The fourth-order valence-electron chi connectivity index (χ4n) is 1.90. The van der Waals surface area contributed by atoms with Gasteiger partial charge >= 0.3 is 0 Å². The van der Waals surface area contributed by atoms with Crippen molar-refractivity contribution in [3.63, 3.8) is 0 Å². The molecule has 1 aromatic rings. The SMILES string of the molecule is Cc1cc(C(=O)C(C)(C)C)ccc1N(C)C(C)C. The zero-order chi connectivity index (χ0) is 14.1. The zero-order valence-electron chi connectivity index (χ0n) is 12.7. The maximum absolute atomic E-state index is 12.2. The molecule has 0 atom stereocenters. The van der Waals surface area contributed by atoms with E-state index in [4.69, 9.17) is 0 Å². The molecule has 0 fully saturated rings. The van der Waals surface area contributed by atoms with Crippen LogP contribution in [0.2, 0.25) is 0 Å². The zero-order valence-corrected chi connectivity index (χ0v) is 12.7. The first-order valence-corrected chi connectivity index (χ1v) is 6.53. The highest BCUT2D eigenvalue weighted by Gasteiger charge is 2.23. The van der Waals surface area contributed by atoms with E-state index in [1.807, 2.05) is 39.0 Å². The molecule has 2 heteroatoms. The molecule has 1 aromatic carbocycles. The minimum absolute atomic E-state index is 0.198. The molecule has 0 spiro atoms. The predicted molar refractivity (Wildman–Crippen MR) is 78.5 cm³/mol. The molecule has 0 amide bonds. The molecule has 2 nitrogen and oxygen atoms in total. The van der Waals surface area contributed by atoms with Gasteiger partial charge in [-0.25, -0.2) is 0 Å². The first-order valence-electron chi connectivity index (χ1n) is 6.53. The summed E-state index contributed by atoms with van der Waals surface area (Å²) >= 11 is 0. The molecule has 0 unspecified atom stereocenters. The molecule has 0 N–H and O–H groups in total. The van der Waals surface area contributed by atoms with E-state index < -0.39 is 0 Å². The van der Waals surface area contributed by atoms with Crippen molar-refractivity contribution in [1.82, 2.24) is 0 Å². The van der Waals surface area contributed by atoms with Gasteiger partial charge in [-0.15, -0.1) is 0 Å². The quantitative estimate of drug-likeness (QED) is 0.750. The van der Waals surface area contributed by atoms with Crippen LogP contribution in [0.5, 0.6) is 0 Å². The number of anilines is 1.